The smallest absolute Gasteiger partial charge is 0.132 e. The summed E-state index contributed by atoms with van der Waals surface area (Å²) in [6.45, 7) is 17.7. The maximum Gasteiger partial charge on any atom is 0.132 e. The highest BCUT2D eigenvalue weighted by molar-refractivity contribution is 5.52. The van der Waals surface area contributed by atoms with E-state index in [1.807, 2.05) is 20.0 Å². The van der Waals surface area contributed by atoms with Crippen LogP contribution in [0.2, 0.25) is 0 Å². The molecular formula is C20H36N2. The highest BCUT2D eigenvalue weighted by atomic mass is 15.3. The molecule has 2 heterocycles. The number of aromatic nitrogens is 1. The number of pyridine rings is 1. The number of aryl methyl sites for hydroxylation is 1. The van der Waals surface area contributed by atoms with E-state index < -0.39 is 0 Å². The van der Waals surface area contributed by atoms with Crippen molar-refractivity contribution in [2.45, 2.75) is 80.1 Å². The summed E-state index contributed by atoms with van der Waals surface area (Å²) in [4.78, 5) is 7.23. The molecule has 0 aromatic carbocycles. The van der Waals surface area contributed by atoms with E-state index >= 15 is 0 Å². The lowest BCUT2D eigenvalue weighted by Gasteiger charge is -2.52. The van der Waals surface area contributed by atoms with Gasteiger partial charge in [0.15, 0.2) is 0 Å². The summed E-state index contributed by atoms with van der Waals surface area (Å²) in [6, 6.07) is 2.31. The molecule has 126 valence electrons. The first-order valence-electron chi connectivity index (χ1n) is 9.23. The molecule has 0 aliphatic carbocycles. The van der Waals surface area contributed by atoms with Crippen LogP contribution in [0.25, 0.3) is 0 Å². The average Bonchev–Trinajstić information content (AvgIpc) is 2.46. The molecule has 0 unspecified atom stereocenters. The molecule has 1 saturated heterocycles. The van der Waals surface area contributed by atoms with E-state index in [0.29, 0.717) is 11.3 Å². The lowest BCUT2D eigenvalue weighted by molar-refractivity contribution is 0.171. The quantitative estimate of drug-likeness (QED) is 0.646. The van der Waals surface area contributed by atoms with E-state index in [4.69, 9.17) is 4.98 Å². The van der Waals surface area contributed by atoms with Crippen LogP contribution in [-0.2, 0) is 0 Å². The Morgan fingerprint density at radius 1 is 1.14 bits per heavy atom. The van der Waals surface area contributed by atoms with Crippen LogP contribution in [0.15, 0.2) is 12.3 Å². The second-order valence-corrected chi connectivity index (χ2v) is 6.94. The Bertz CT molecular complexity index is 437. The normalized spacial score (nSPS) is 16.1. The molecule has 22 heavy (non-hydrogen) atoms. The molecular weight excluding hydrogens is 268 g/mol. The lowest BCUT2D eigenvalue weighted by atomic mass is 9.72. The summed E-state index contributed by atoms with van der Waals surface area (Å²) in [5.74, 6) is 1.78. The monoisotopic (exact) mass is 304 g/mol. The topological polar surface area (TPSA) is 16.1 Å². The Balaban J connectivity index is 0.00000116. The highest BCUT2D eigenvalue weighted by Crippen LogP contribution is 2.43. The van der Waals surface area contributed by atoms with Gasteiger partial charge < -0.3 is 4.90 Å². The third-order valence-corrected chi connectivity index (χ3v) is 4.57. The van der Waals surface area contributed by atoms with Gasteiger partial charge >= 0.3 is 0 Å². The van der Waals surface area contributed by atoms with Crippen LogP contribution in [0, 0.1) is 12.3 Å². The van der Waals surface area contributed by atoms with Crippen molar-refractivity contribution >= 4 is 5.82 Å². The zero-order chi connectivity index (χ0) is 16.8. The predicted molar refractivity (Wildman–Crippen MR) is 98.9 cm³/mol. The first-order valence-corrected chi connectivity index (χ1v) is 9.23. The van der Waals surface area contributed by atoms with Crippen molar-refractivity contribution in [2.24, 2.45) is 5.41 Å². The molecule has 0 bridgehead atoms. The van der Waals surface area contributed by atoms with Crippen LogP contribution in [0.4, 0.5) is 5.82 Å². The first kappa shape index (κ1) is 19.0. The van der Waals surface area contributed by atoms with Crippen molar-refractivity contribution in [3.05, 3.63) is 23.4 Å². The van der Waals surface area contributed by atoms with Crippen molar-refractivity contribution in [2.75, 3.05) is 18.0 Å². The van der Waals surface area contributed by atoms with Crippen molar-refractivity contribution in [3.8, 4) is 0 Å². The summed E-state index contributed by atoms with van der Waals surface area (Å²) in [6.07, 6.45) is 7.33. The number of rotatable bonds is 6. The van der Waals surface area contributed by atoms with Gasteiger partial charge in [0.25, 0.3) is 0 Å². The molecule has 0 N–H and O–H groups in total. The fourth-order valence-corrected chi connectivity index (χ4v) is 3.69. The second kappa shape index (κ2) is 8.55. The van der Waals surface area contributed by atoms with Crippen LogP contribution in [0.3, 0.4) is 0 Å². The number of hydrogen-bond acceptors (Lipinski definition) is 2. The van der Waals surface area contributed by atoms with Gasteiger partial charge in [0, 0.05) is 24.7 Å². The van der Waals surface area contributed by atoms with Crippen LogP contribution in [0.1, 0.15) is 84.3 Å². The van der Waals surface area contributed by atoms with Gasteiger partial charge in [0.1, 0.15) is 5.82 Å². The standard InChI is InChI=1S/C18H30N2.C2H6/c1-6-8-18(9-7-2)12-20(13-18)17-16(14(3)4)10-15(5)11-19-17;1-2/h10-11,14H,6-9,12-13H2,1-5H3;1-2H3. The summed E-state index contributed by atoms with van der Waals surface area (Å²) in [5.41, 5.74) is 3.24. The molecule has 1 aliphatic rings. The van der Waals surface area contributed by atoms with Crippen molar-refractivity contribution in [3.63, 3.8) is 0 Å². The van der Waals surface area contributed by atoms with Gasteiger partial charge in [0.2, 0.25) is 0 Å². The Morgan fingerprint density at radius 3 is 2.14 bits per heavy atom. The molecule has 0 saturated carbocycles. The van der Waals surface area contributed by atoms with E-state index in [1.165, 1.54) is 55.7 Å². The minimum Gasteiger partial charge on any atom is -0.355 e. The summed E-state index contributed by atoms with van der Waals surface area (Å²) in [7, 11) is 0. The highest BCUT2D eigenvalue weighted by Gasteiger charge is 2.42. The third kappa shape index (κ3) is 4.24. The average molecular weight is 305 g/mol. The summed E-state index contributed by atoms with van der Waals surface area (Å²) in [5, 5.41) is 0. The van der Waals surface area contributed by atoms with Crippen molar-refractivity contribution in [1.82, 2.24) is 4.98 Å². The van der Waals surface area contributed by atoms with Crippen LogP contribution in [-0.4, -0.2) is 18.1 Å². The van der Waals surface area contributed by atoms with Gasteiger partial charge in [-0.3, -0.25) is 0 Å². The van der Waals surface area contributed by atoms with Crippen molar-refractivity contribution < 1.29 is 0 Å². The second-order valence-electron chi connectivity index (χ2n) is 6.94. The Kier molecular flexibility index (Phi) is 7.38. The van der Waals surface area contributed by atoms with Gasteiger partial charge in [-0.15, -0.1) is 0 Å². The largest absolute Gasteiger partial charge is 0.355 e. The zero-order valence-corrected chi connectivity index (χ0v) is 15.9. The van der Waals surface area contributed by atoms with Gasteiger partial charge in [-0.2, -0.15) is 0 Å². The lowest BCUT2D eigenvalue weighted by Crippen LogP contribution is -2.57. The van der Waals surface area contributed by atoms with Crippen LogP contribution in [0.5, 0.6) is 0 Å². The Morgan fingerprint density at radius 2 is 1.68 bits per heavy atom. The SMILES string of the molecule is CC.CCCC1(CCC)CN(c2ncc(C)cc2C(C)C)C1. The summed E-state index contributed by atoms with van der Waals surface area (Å²) >= 11 is 0. The van der Waals surface area contributed by atoms with E-state index in [-0.39, 0.29) is 0 Å². The molecule has 0 spiro atoms. The molecule has 0 amide bonds. The molecule has 1 fully saturated rings. The molecule has 2 rings (SSSR count). The van der Waals surface area contributed by atoms with E-state index in [1.54, 1.807) is 0 Å². The van der Waals surface area contributed by atoms with E-state index in [0.717, 1.165) is 0 Å². The molecule has 1 aromatic rings. The zero-order valence-electron chi connectivity index (χ0n) is 15.9. The maximum atomic E-state index is 4.73. The minimum absolute atomic E-state index is 0.546. The fraction of sp³-hybridized carbons (Fsp3) is 0.750. The van der Waals surface area contributed by atoms with E-state index in [2.05, 4.69) is 45.6 Å². The summed E-state index contributed by atoms with van der Waals surface area (Å²) < 4.78 is 0. The first-order chi connectivity index (χ1) is 10.5. The van der Waals surface area contributed by atoms with Crippen molar-refractivity contribution in [1.29, 1.82) is 0 Å². The molecule has 2 nitrogen and oxygen atoms in total. The molecule has 0 atom stereocenters. The van der Waals surface area contributed by atoms with Gasteiger partial charge in [-0.05, 0) is 36.8 Å². The predicted octanol–water partition coefficient (Wildman–Crippen LogP) is 5.95. The Labute approximate surface area is 138 Å². The fourth-order valence-electron chi connectivity index (χ4n) is 3.69. The number of anilines is 1. The van der Waals surface area contributed by atoms with Crippen LogP contribution < -0.4 is 4.90 Å². The number of hydrogen-bond donors (Lipinski definition) is 0. The van der Waals surface area contributed by atoms with Gasteiger partial charge in [0.05, 0.1) is 0 Å². The Hall–Kier alpha value is -1.05. The molecule has 0 radical (unpaired) electrons. The van der Waals surface area contributed by atoms with Gasteiger partial charge in [-0.25, -0.2) is 4.98 Å². The molecule has 2 heteroatoms. The van der Waals surface area contributed by atoms with Crippen LogP contribution >= 0.6 is 0 Å². The van der Waals surface area contributed by atoms with E-state index in [9.17, 15) is 0 Å². The third-order valence-electron chi connectivity index (χ3n) is 4.57. The van der Waals surface area contributed by atoms with Gasteiger partial charge in [-0.1, -0.05) is 60.5 Å². The maximum absolute atomic E-state index is 4.73. The molecule has 1 aromatic heterocycles. The molecule has 1 aliphatic heterocycles. The minimum atomic E-state index is 0.546. The number of nitrogens with zero attached hydrogens (tertiary/aromatic N) is 2.